The summed E-state index contributed by atoms with van der Waals surface area (Å²) in [6, 6.07) is 8.55. The molecule has 0 aromatic heterocycles. The van der Waals surface area contributed by atoms with Gasteiger partial charge < -0.3 is 9.47 Å². The smallest absolute Gasteiger partial charge is 0.345 e. The minimum absolute atomic E-state index is 0.280. The monoisotopic (exact) mass is 416 g/mol. The normalized spacial score (nSPS) is 11.4. The van der Waals surface area contributed by atoms with Crippen LogP contribution in [-0.2, 0) is 19.1 Å². The first-order valence-electron chi connectivity index (χ1n) is 11.0. The van der Waals surface area contributed by atoms with Crippen molar-refractivity contribution in [3.05, 3.63) is 48.0 Å². The van der Waals surface area contributed by atoms with E-state index in [9.17, 15) is 14.4 Å². The maximum atomic E-state index is 11.8. The first kappa shape index (κ1) is 25.6. The van der Waals surface area contributed by atoms with Gasteiger partial charge in [-0.25, -0.2) is 9.59 Å². The number of ether oxygens (including phenoxy) is 2. The molecule has 5 heteroatoms. The molecular formula is C25H36O5. The maximum Gasteiger partial charge on any atom is 0.345 e. The minimum atomic E-state index is -0.582. The van der Waals surface area contributed by atoms with Crippen LogP contribution in [0.25, 0.3) is 0 Å². The van der Waals surface area contributed by atoms with Crippen LogP contribution in [0.1, 0.15) is 95.3 Å². The molecule has 0 N–H and O–H groups in total. The van der Waals surface area contributed by atoms with Gasteiger partial charge in [-0.2, -0.15) is 0 Å². The van der Waals surface area contributed by atoms with Gasteiger partial charge in [-0.1, -0.05) is 62.8 Å². The Balaban J connectivity index is 1.93. The van der Waals surface area contributed by atoms with E-state index in [0.717, 1.165) is 44.9 Å². The van der Waals surface area contributed by atoms with Crippen LogP contribution >= 0.6 is 0 Å². The molecule has 5 nitrogen and oxygen atoms in total. The molecule has 0 bridgehead atoms. The van der Waals surface area contributed by atoms with Crippen LogP contribution in [0.5, 0.6) is 0 Å². The number of esters is 3. The Morgan fingerprint density at radius 3 is 2.00 bits per heavy atom. The van der Waals surface area contributed by atoms with E-state index >= 15 is 0 Å². The van der Waals surface area contributed by atoms with Crippen LogP contribution < -0.4 is 0 Å². The first-order valence-corrected chi connectivity index (χ1v) is 11.0. The molecule has 0 aliphatic rings. The molecule has 0 unspecified atom stereocenters. The third kappa shape index (κ3) is 13.7. The van der Waals surface area contributed by atoms with E-state index in [2.05, 4.69) is 0 Å². The number of hydrogen-bond acceptors (Lipinski definition) is 5. The third-order valence-electron chi connectivity index (χ3n) is 4.38. The largest absolute Gasteiger partial charge is 0.457 e. The van der Waals surface area contributed by atoms with Crippen molar-refractivity contribution in [3.8, 4) is 0 Å². The molecular weight excluding hydrogens is 380 g/mol. The van der Waals surface area contributed by atoms with E-state index in [1.54, 1.807) is 24.3 Å². The van der Waals surface area contributed by atoms with E-state index < -0.39 is 17.5 Å². The van der Waals surface area contributed by atoms with Gasteiger partial charge in [0.2, 0.25) is 0 Å². The third-order valence-corrected chi connectivity index (χ3v) is 4.38. The van der Waals surface area contributed by atoms with Gasteiger partial charge in [0.1, 0.15) is 5.60 Å². The molecule has 0 saturated carbocycles. The molecule has 166 valence electrons. The molecule has 0 spiro atoms. The van der Waals surface area contributed by atoms with Gasteiger partial charge in [0.25, 0.3) is 0 Å². The summed E-state index contributed by atoms with van der Waals surface area (Å²) in [6.07, 6.45) is 13.1. The average molecular weight is 417 g/mol. The van der Waals surface area contributed by atoms with E-state index in [4.69, 9.17) is 9.47 Å². The lowest BCUT2D eigenvalue weighted by molar-refractivity contribution is -0.148. The van der Waals surface area contributed by atoms with E-state index in [0.29, 0.717) is 5.56 Å². The number of benzene rings is 1. The predicted molar refractivity (Wildman–Crippen MR) is 118 cm³/mol. The summed E-state index contributed by atoms with van der Waals surface area (Å²) >= 11 is 0. The van der Waals surface area contributed by atoms with E-state index in [1.807, 2.05) is 32.9 Å². The summed E-state index contributed by atoms with van der Waals surface area (Å²) in [6.45, 7) is 5.58. The van der Waals surface area contributed by atoms with E-state index in [1.165, 1.54) is 18.9 Å². The number of rotatable bonds is 13. The van der Waals surface area contributed by atoms with Crippen molar-refractivity contribution in [1.29, 1.82) is 0 Å². The number of hydrogen-bond donors (Lipinski definition) is 0. The van der Waals surface area contributed by atoms with Crippen molar-refractivity contribution >= 4 is 17.9 Å². The van der Waals surface area contributed by atoms with Crippen LogP contribution in [-0.4, -0.2) is 23.5 Å². The molecule has 0 heterocycles. The molecule has 1 rings (SSSR count). The van der Waals surface area contributed by atoms with Crippen LogP contribution in [0, 0.1) is 0 Å². The summed E-state index contributed by atoms with van der Waals surface area (Å²) in [7, 11) is 0. The highest BCUT2D eigenvalue weighted by atomic mass is 16.6. The summed E-state index contributed by atoms with van der Waals surface area (Å²) in [5.41, 5.74) is -0.0485. The Hall–Kier alpha value is -2.43. The SMILES string of the molecule is CC(C)(C)OC(=O)/C=C/CCCCCCCCCCC(=O)OC(=O)c1ccccc1. The summed E-state index contributed by atoms with van der Waals surface area (Å²) < 4.78 is 10.1. The zero-order valence-corrected chi connectivity index (χ0v) is 18.7. The van der Waals surface area contributed by atoms with Crippen molar-refractivity contribution < 1.29 is 23.9 Å². The highest BCUT2D eigenvalue weighted by molar-refractivity contribution is 5.96. The van der Waals surface area contributed by atoms with Crippen LogP contribution in [0.3, 0.4) is 0 Å². The van der Waals surface area contributed by atoms with Gasteiger partial charge >= 0.3 is 17.9 Å². The van der Waals surface area contributed by atoms with Gasteiger partial charge in [0.05, 0.1) is 5.56 Å². The van der Waals surface area contributed by atoms with Crippen LogP contribution in [0.2, 0.25) is 0 Å². The van der Waals surface area contributed by atoms with Gasteiger partial charge in [0, 0.05) is 12.5 Å². The number of unbranched alkanes of at least 4 members (excludes halogenated alkanes) is 8. The number of carbonyl (C=O) groups excluding carboxylic acids is 3. The average Bonchev–Trinajstić information content (AvgIpc) is 2.68. The molecule has 30 heavy (non-hydrogen) atoms. The van der Waals surface area contributed by atoms with Gasteiger partial charge in [-0.15, -0.1) is 0 Å². The molecule has 0 atom stereocenters. The quantitative estimate of drug-likeness (QED) is 0.166. The zero-order chi connectivity index (χ0) is 22.2. The van der Waals surface area contributed by atoms with E-state index in [-0.39, 0.29) is 12.4 Å². The summed E-state index contributed by atoms with van der Waals surface area (Å²) in [4.78, 5) is 35.0. The lowest BCUT2D eigenvalue weighted by Crippen LogP contribution is -2.22. The lowest BCUT2D eigenvalue weighted by atomic mass is 10.1. The van der Waals surface area contributed by atoms with Crippen molar-refractivity contribution in [2.24, 2.45) is 0 Å². The van der Waals surface area contributed by atoms with Gasteiger partial charge in [-0.05, 0) is 52.2 Å². The molecule has 1 aromatic rings. The second-order valence-electron chi connectivity index (χ2n) is 8.43. The Morgan fingerprint density at radius 1 is 0.833 bits per heavy atom. The maximum absolute atomic E-state index is 11.8. The van der Waals surface area contributed by atoms with Crippen LogP contribution in [0.4, 0.5) is 0 Å². The van der Waals surface area contributed by atoms with Crippen molar-refractivity contribution in [1.82, 2.24) is 0 Å². The fraction of sp³-hybridized carbons (Fsp3) is 0.560. The fourth-order valence-electron chi connectivity index (χ4n) is 2.90. The second-order valence-corrected chi connectivity index (χ2v) is 8.43. The number of carbonyl (C=O) groups is 3. The highest BCUT2D eigenvalue weighted by Crippen LogP contribution is 2.12. The zero-order valence-electron chi connectivity index (χ0n) is 18.7. The Bertz CT molecular complexity index is 671. The van der Waals surface area contributed by atoms with Crippen molar-refractivity contribution in [3.63, 3.8) is 0 Å². The fourth-order valence-corrected chi connectivity index (χ4v) is 2.90. The predicted octanol–water partition coefficient (Wildman–Crippen LogP) is 6.17. The van der Waals surface area contributed by atoms with Crippen LogP contribution in [0.15, 0.2) is 42.5 Å². The molecule has 0 radical (unpaired) electrons. The highest BCUT2D eigenvalue weighted by Gasteiger charge is 2.13. The van der Waals surface area contributed by atoms with Gasteiger partial charge in [0.15, 0.2) is 0 Å². The number of allylic oxidation sites excluding steroid dienone is 1. The molecule has 0 amide bonds. The summed E-state index contributed by atoms with van der Waals surface area (Å²) in [5, 5.41) is 0. The van der Waals surface area contributed by atoms with Crippen molar-refractivity contribution in [2.75, 3.05) is 0 Å². The molecule has 1 aromatic carbocycles. The van der Waals surface area contributed by atoms with Gasteiger partial charge in [-0.3, -0.25) is 4.79 Å². The summed E-state index contributed by atoms with van der Waals surface area (Å²) in [5.74, 6) is -1.32. The lowest BCUT2D eigenvalue weighted by Gasteiger charge is -2.17. The molecule has 0 fully saturated rings. The minimum Gasteiger partial charge on any atom is -0.457 e. The standard InChI is InChI=1S/C25H36O5/c1-25(2,3)30-23(27)20-16-11-9-7-5-4-6-8-10-15-19-22(26)29-24(28)21-17-13-12-14-18-21/h12-14,16-18,20H,4-11,15,19H2,1-3H3/b20-16+. The Labute approximate surface area is 180 Å². The molecule has 0 aliphatic carbocycles. The van der Waals surface area contributed by atoms with Crippen molar-refractivity contribution in [2.45, 2.75) is 90.6 Å². The molecule has 0 saturated heterocycles. The second kappa shape index (κ2) is 14.5. The Morgan fingerprint density at radius 2 is 1.40 bits per heavy atom. The molecule has 0 aliphatic heterocycles. The Kier molecular flexibility index (Phi) is 12.4. The first-order chi connectivity index (χ1) is 14.3. The topological polar surface area (TPSA) is 69.7 Å².